The summed E-state index contributed by atoms with van der Waals surface area (Å²) in [5.41, 5.74) is 0.419. The highest BCUT2D eigenvalue weighted by molar-refractivity contribution is 7.95. The van der Waals surface area contributed by atoms with E-state index in [0.29, 0.717) is 5.69 Å². The Bertz CT molecular complexity index is 333. The largest absolute Gasteiger partial charge is 0.313 e. The molecule has 1 atom stereocenters. The number of rotatable bonds is 1. The minimum absolute atomic E-state index is 0.419. The third-order valence-corrected chi connectivity index (χ3v) is 1.61. The second-order valence-corrected chi connectivity index (χ2v) is 4.09. The van der Waals surface area contributed by atoms with Crippen molar-refractivity contribution in [3.8, 4) is 0 Å². The highest BCUT2D eigenvalue weighted by Gasteiger charge is 1.92. The summed E-state index contributed by atoms with van der Waals surface area (Å²) in [7, 11) is -2.85. The highest BCUT2D eigenvalue weighted by atomic mass is 32.2. The summed E-state index contributed by atoms with van der Waals surface area (Å²) in [4.78, 5) is 0. The van der Waals surface area contributed by atoms with Gasteiger partial charge in [-0.2, -0.15) is 10.2 Å². The summed E-state index contributed by atoms with van der Waals surface area (Å²) in [5, 5.41) is 8.35. The van der Waals surface area contributed by atoms with Crippen LogP contribution in [-0.2, 0) is 9.80 Å². The molecule has 0 aliphatic rings. The molecule has 0 spiro atoms. The third kappa shape index (κ3) is 3.10. The highest BCUT2D eigenvalue weighted by Crippen LogP contribution is 1.87. The first kappa shape index (κ1) is 8.16. The number of aromatic nitrogens is 2. The zero-order valence-electron chi connectivity index (χ0n) is 5.97. The summed E-state index contributed by atoms with van der Waals surface area (Å²) in [6.45, 7) is 0. The maximum absolute atomic E-state index is 10.8. The van der Waals surface area contributed by atoms with Gasteiger partial charge in [0.1, 0.15) is 0 Å². The standard InChI is InChI=1S/C6H8N2O2S/c1-11(9,10)5-6-3-2-4-7-8-6/h2-5H,1H3,(H,9,10). The van der Waals surface area contributed by atoms with E-state index in [4.69, 9.17) is 4.55 Å². The first-order valence-corrected chi connectivity index (χ1v) is 4.91. The lowest BCUT2D eigenvalue weighted by atomic mass is 10.4. The Kier molecular flexibility index (Phi) is 2.21. The van der Waals surface area contributed by atoms with Gasteiger partial charge in [0.15, 0.2) is 0 Å². The lowest BCUT2D eigenvalue weighted by Crippen LogP contribution is -2.01. The minimum atomic E-state index is -2.85. The fraction of sp³-hybridized carbons (Fsp3) is 0.167. The van der Waals surface area contributed by atoms with E-state index in [9.17, 15) is 4.21 Å². The van der Waals surface area contributed by atoms with Gasteiger partial charge in [-0.15, -0.1) is 0 Å². The van der Waals surface area contributed by atoms with Gasteiger partial charge in [0, 0.05) is 17.8 Å². The first-order chi connectivity index (χ1) is 5.08. The molecule has 1 aromatic heterocycles. The maximum atomic E-state index is 10.8. The minimum Gasteiger partial charge on any atom is -0.313 e. The van der Waals surface area contributed by atoms with E-state index in [1.807, 2.05) is 0 Å². The van der Waals surface area contributed by atoms with Crippen LogP contribution in [0.25, 0.3) is 0 Å². The molecule has 0 aromatic carbocycles. The van der Waals surface area contributed by atoms with Crippen LogP contribution in [0.4, 0.5) is 0 Å². The fourth-order valence-electron chi connectivity index (χ4n) is 0.600. The molecule has 1 unspecified atom stereocenters. The fourth-order valence-corrected chi connectivity index (χ4v) is 1.17. The van der Waals surface area contributed by atoms with E-state index in [0.717, 1.165) is 0 Å². The van der Waals surface area contributed by atoms with Crippen LogP contribution >= 0.6 is 0 Å². The van der Waals surface area contributed by atoms with Crippen LogP contribution in [0.5, 0.6) is 0 Å². The Balaban J connectivity index is 3.08. The van der Waals surface area contributed by atoms with Crippen molar-refractivity contribution in [3.05, 3.63) is 24.0 Å². The molecule has 1 rings (SSSR count). The summed E-state index contributed by atoms with van der Waals surface area (Å²) in [5.74, 6) is 0. The molecular formula is C6H8N2O2S. The number of hydrogen-bond donors (Lipinski definition) is 1. The molecular weight excluding hydrogens is 164 g/mol. The Morgan fingerprint density at radius 1 is 1.73 bits per heavy atom. The second kappa shape index (κ2) is 2.98. The Morgan fingerprint density at radius 3 is 2.91 bits per heavy atom. The van der Waals surface area contributed by atoms with Crippen LogP contribution < -0.4 is 0 Å². The molecule has 0 aliphatic carbocycles. The Hall–Kier alpha value is -0.940. The summed E-state index contributed by atoms with van der Waals surface area (Å²) >= 11 is 0. The van der Waals surface area contributed by atoms with Crippen LogP contribution in [0.2, 0.25) is 0 Å². The van der Waals surface area contributed by atoms with Crippen molar-refractivity contribution < 1.29 is 8.76 Å². The predicted molar refractivity (Wildman–Crippen MR) is 43.9 cm³/mol. The monoisotopic (exact) mass is 172 g/mol. The van der Waals surface area contributed by atoms with E-state index in [2.05, 4.69) is 10.2 Å². The van der Waals surface area contributed by atoms with Crippen LogP contribution in [0, 0.1) is 0 Å². The molecule has 0 radical (unpaired) electrons. The van der Waals surface area contributed by atoms with E-state index in [1.54, 1.807) is 12.1 Å². The maximum Gasteiger partial charge on any atom is 0.0958 e. The molecule has 60 valence electrons. The smallest absolute Gasteiger partial charge is 0.0958 e. The van der Waals surface area contributed by atoms with Gasteiger partial charge >= 0.3 is 0 Å². The van der Waals surface area contributed by atoms with Gasteiger partial charge in [-0.25, -0.2) is 4.21 Å². The average Bonchev–Trinajstić information content (AvgIpc) is 1.85. The van der Waals surface area contributed by atoms with Crippen LogP contribution in [-0.4, -0.2) is 30.6 Å². The van der Waals surface area contributed by atoms with E-state index in [1.165, 1.54) is 17.8 Å². The number of hydrogen-bond acceptors (Lipinski definition) is 3. The van der Waals surface area contributed by atoms with Gasteiger partial charge in [-0.05, 0) is 12.1 Å². The van der Waals surface area contributed by atoms with Gasteiger partial charge in [0.2, 0.25) is 0 Å². The Morgan fingerprint density at radius 2 is 2.45 bits per heavy atom. The molecule has 0 bridgehead atoms. The van der Waals surface area contributed by atoms with Crippen molar-refractivity contribution in [3.63, 3.8) is 0 Å². The molecule has 0 fully saturated rings. The summed E-state index contributed by atoms with van der Waals surface area (Å²) in [6.07, 6.45) is 2.73. The van der Waals surface area contributed by atoms with Gasteiger partial charge in [0.05, 0.1) is 15.5 Å². The van der Waals surface area contributed by atoms with Gasteiger partial charge in [-0.3, -0.25) is 0 Å². The number of nitrogens with zero attached hydrogens (tertiary/aromatic N) is 2. The van der Waals surface area contributed by atoms with Crippen LogP contribution in [0.3, 0.4) is 0 Å². The predicted octanol–water partition coefficient (Wildman–Crippen LogP) is 0.0141. The van der Waals surface area contributed by atoms with Crippen molar-refractivity contribution in [1.29, 1.82) is 0 Å². The van der Waals surface area contributed by atoms with Crippen LogP contribution in [0.1, 0.15) is 5.69 Å². The molecule has 5 heteroatoms. The van der Waals surface area contributed by atoms with Gasteiger partial charge in [-0.1, -0.05) is 0 Å². The molecule has 11 heavy (non-hydrogen) atoms. The van der Waals surface area contributed by atoms with Crippen molar-refractivity contribution in [2.45, 2.75) is 0 Å². The van der Waals surface area contributed by atoms with E-state index in [-0.39, 0.29) is 0 Å². The summed E-state index contributed by atoms with van der Waals surface area (Å²) < 4.78 is 19.7. The zero-order valence-corrected chi connectivity index (χ0v) is 6.78. The van der Waals surface area contributed by atoms with E-state index < -0.39 is 9.80 Å². The van der Waals surface area contributed by atoms with Crippen molar-refractivity contribution in [2.24, 2.45) is 0 Å². The third-order valence-electron chi connectivity index (χ3n) is 0.932. The molecule has 0 aliphatic heterocycles. The van der Waals surface area contributed by atoms with Crippen LogP contribution in [0.15, 0.2) is 18.3 Å². The average molecular weight is 172 g/mol. The van der Waals surface area contributed by atoms with E-state index >= 15 is 0 Å². The molecule has 0 saturated carbocycles. The van der Waals surface area contributed by atoms with Crippen molar-refractivity contribution >= 4 is 15.2 Å². The van der Waals surface area contributed by atoms with Gasteiger partial charge < -0.3 is 4.55 Å². The topological polar surface area (TPSA) is 63.1 Å². The van der Waals surface area contributed by atoms with Crippen molar-refractivity contribution in [2.75, 3.05) is 6.26 Å². The van der Waals surface area contributed by atoms with Crippen molar-refractivity contribution in [1.82, 2.24) is 10.2 Å². The Labute approximate surface area is 65.1 Å². The lowest BCUT2D eigenvalue weighted by Gasteiger charge is -1.92. The SMILES string of the molecule is CS(=O)(O)=Cc1cccnn1. The second-order valence-electron chi connectivity index (χ2n) is 2.13. The molecule has 0 saturated heterocycles. The molecule has 0 amide bonds. The first-order valence-electron chi connectivity index (χ1n) is 2.92. The molecule has 4 nitrogen and oxygen atoms in total. The molecule has 1 N–H and O–H groups in total. The zero-order chi connectivity index (χ0) is 8.32. The lowest BCUT2D eigenvalue weighted by molar-refractivity contribution is 0.566. The quantitative estimate of drug-likeness (QED) is 0.606. The normalized spacial score (nSPS) is 15.5. The molecule has 1 aromatic rings. The van der Waals surface area contributed by atoms with Gasteiger partial charge in [0.25, 0.3) is 0 Å². The molecule has 1 heterocycles. The summed E-state index contributed by atoms with van der Waals surface area (Å²) in [6, 6.07) is 3.27.